The van der Waals surface area contributed by atoms with Crippen molar-refractivity contribution >= 4 is 28.4 Å². The molecule has 0 bridgehead atoms. The number of aromatic nitrogens is 2. The molecule has 1 fully saturated rings. The zero-order valence-electron chi connectivity index (χ0n) is 15.4. The van der Waals surface area contributed by atoms with Crippen LogP contribution < -0.4 is 5.32 Å². The molecule has 1 saturated heterocycles. The van der Waals surface area contributed by atoms with E-state index in [-0.39, 0.29) is 11.9 Å². The molecule has 3 aromatic rings. The minimum absolute atomic E-state index is 0.230. The Morgan fingerprint density at radius 1 is 1.03 bits per heavy atom. The number of hydrogen-bond acceptors (Lipinski definition) is 5. The molecule has 4 rings (SSSR count). The van der Waals surface area contributed by atoms with Crippen molar-refractivity contribution in [1.29, 1.82) is 0 Å². The summed E-state index contributed by atoms with van der Waals surface area (Å²) in [5.74, 6) is -0.671. The number of nitrogens with zero attached hydrogens (tertiary/aromatic N) is 4. The molecular weight excluding hydrogens is 393 g/mol. The number of halogens is 1. The molecular formula is C20H18FN5O2S. The van der Waals surface area contributed by atoms with Gasteiger partial charge in [0.05, 0.1) is 5.69 Å². The van der Waals surface area contributed by atoms with Gasteiger partial charge in [-0.3, -0.25) is 15.1 Å². The first-order valence-electron chi connectivity index (χ1n) is 9.07. The first-order chi connectivity index (χ1) is 14.1. The summed E-state index contributed by atoms with van der Waals surface area (Å²) in [6.07, 6.45) is 3.38. The Morgan fingerprint density at radius 3 is 2.48 bits per heavy atom. The molecule has 1 aromatic carbocycles. The van der Waals surface area contributed by atoms with E-state index in [1.54, 1.807) is 28.3 Å². The standard InChI is InChI=1S/C20H18FN5O2S/c21-16-3-1-2-15(12-16)18(27)25-8-10-26(11-9-25)20(28)24-19-23-17(13-29-19)14-4-6-22-7-5-14/h1-7,12-13H,8-11H2,(H,23,24,28). The predicted octanol–water partition coefficient (Wildman–Crippen LogP) is 3.33. The third-order valence-electron chi connectivity index (χ3n) is 4.62. The second-order valence-electron chi connectivity index (χ2n) is 6.49. The lowest BCUT2D eigenvalue weighted by Gasteiger charge is -2.34. The number of pyridine rings is 1. The fraction of sp³-hybridized carbons (Fsp3) is 0.200. The second-order valence-corrected chi connectivity index (χ2v) is 7.35. The number of nitrogens with one attached hydrogen (secondary N) is 1. The van der Waals surface area contributed by atoms with Crippen LogP contribution in [0.15, 0.2) is 54.2 Å². The lowest BCUT2D eigenvalue weighted by atomic mass is 10.2. The molecule has 1 aliphatic rings. The highest BCUT2D eigenvalue weighted by Crippen LogP contribution is 2.24. The van der Waals surface area contributed by atoms with Crippen LogP contribution in [0.25, 0.3) is 11.3 Å². The maximum Gasteiger partial charge on any atom is 0.323 e. The van der Waals surface area contributed by atoms with Crippen LogP contribution in [0, 0.1) is 5.82 Å². The number of urea groups is 1. The van der Waals surface area contributed by atoms with Gasteiger partial charge in [-0.25, -0.2) is 14.2 Å². The fourth-order valence-corrected chi connectivity index (χ4v) is 3.78. The van der Waals surface area contributed by atoms with Crippen LogP contribution in [-0.2, 0) is 0 Å². The van der Waals surface area contributed by atoms with E-state index < -0.39 is 5.82 Å². The highest BCUT2D eigenvalue weighted by atomic mass is 32.1. The number of amides is 3. The van der Waals surface area contributed by atoms with Crippen molar-refractivity contribution in [3.63, 3.8) is 0 Å². The lowest BCUT2D eigenvalue weighted by Crippen LogP contribution is -2.51. The third-order valence-corrected chi connectivity index (χ3v) is 5.38. The van der Waals surface area contributed by atoms with E-state index in [1.807, 2.05) is 17.5 Å². The van der Waals surface area contributed by atoms with Crippen molar-refractivity contribution in [2.75, 3.05) is 31.5 Å². The summed E-state index contributed by atoms with van der Waals surface area (Å²) in [6.45, 7) is 1.58. The second kappa shape index (κ2) is 8.36. The van der Waals surface area contributed by atoms with E-state index in [9.17, 15) is 14.0 Å². The van der Waals surface area contributed by atoms with Gasteiger partial charge < -0.3 is 9.80 Å². The van der Waals surface area contributed by atoms with Crippen molar-refractivity contribution in [2.24, 2.45) is 0 Å². The van der Waals surface area contributed by atoms with Crippen LogP contribution in [-0.4, -0.2) is 57.9 Å². The SMILES string of the molecule is O=C(Nc1nc(-c2ccncc2)cs1)N1CCN(C(=O)c2cccc(F)c2)CC1. The van der Waals surface area contributed by atoms with Gasteiger partial charge in [0.25, 0.3) is 5.91 Å². The molecule has 0 atom stereocenters. The molecule has 29 heavy (non-hydrogen) atoms. The molecule has 0 aliphatic carbocycles. The van der Waals surface area contributed by atoms with Crippen LogP contribution in [0.4, 0.5) is 14.3 Å². The van der Waals surface area contributed by atoms with E-state index >= 15 is 0 Å². The summed E-state index contributed by atoms with van der Waals surface area (Å²) < 4.78 is 13.3. The Morgan fingerprint density at radius 2 is 1.76 bits per heavy atom. The number of carbonyl (C=O) groups excluding carboxylic acids is 2. The summed E-state index contributed by atoms with van der Waals surface area (Å²) >= 11 is 1.35. The van der Waals surface area contributed by atoms with Gasteiger partial charge in [-0.05, 0) is 30.3 Å². The van der Waals surface area contributed by atoms with Gasteiger partial charge in [0.1, 0.15) is 5.82 Å². The van der Waals surface area contributed by atoms with Crippen molar-refractivity contribution in [3.05, 3.63) is 65.6 Å². The Hall–Kier alpha value is -3.33. The minimum Gasteiger partial charge on any atom is -0.335 e. The number of piperazine rings is 1. The summed E-state index contributed by atoms with van der Waals surface area (Å²) in [5, 5.41) is 5.20. The molecule has 7 nitrogen and oxygen atoms in total. The number of anilines is 1. The molecule has 0 saturated carbocycles. The maximum absolute atomic E-state index is 13.3. The molecule has 9 heteroatoms. The van der Waals surface area contributed by atoms with Gasteiger partial charge in [-0.1, -0.05) is 6.07 Å². The van der Waals surface area contributed by atoms with Crippen LogP contribution in [0.3, 0.4) is 0 Å². The molecule has 3 heterocycles. The number of thiazole rings is 1. The zero-order chi connectivity index (χ0) is 20.2. The van der Waals surface area contributed by atoms with Gasteiger partial charge in [0, 0.05) is 55.1 Å². The first kappa shape index (κ1) is 19.0. The van der Waals surface area contributed by atoms with E-state index in [0.29, 0.717) is 36.9 Å². The van der Waals surface area contributed by atoms with E-state index in [1.165, 1.54) is 29.5 Å². The maximum atomic E-state index is 13.3. The third kappa shape index (κ3) is 4.40. The predicted molar refractivity (Wildman–Crippen MR) is 108 cm³/mol. The molecule has 1 N–H and O–H groups in total. The summed E-state index contributed by atoms with van der Waals surface area (Å²) in [4.78, 5) is 36.7. The molecule has 1 aliphatic heterocycles. The van der Waals surface area contributed by atoms with Crippen molar-refractivity contribution in [3.8, 4) is 11.3 Å². The summed E-state index contributed by atoms with van der Waals surface area (Å²) in [6, 6.07) is 9.10. The summed E-state index contributed by atoms with van der Waals surface area (Å²) in [7, 11) is 0. The van der Waals surface area contributed by atoms with Gasteiger partial charge in [-0.15, -0.1) is 11.3 Å². The van der Waals surface area contributed by atoms with Crippen LogP contribution in [0.5, 0.6) is 0 Å². The van der Waals surface area contributed by atoms with E-state index in [0.717, 1.165) is 11.3 Å². The topological polar surface area (TPSA) is 78.4 Å². The quantitative estimate of drug-likeness (QED) is 0.717. The minimum atomic E-state index is -0.441. The highest BCUT2D eigenvalue weighted by molar-refractivity contribution is 7.14. The highest BCUT2D eigenvalue weighted by Gasteiger charge is 2.25. The van der Waals surface area contributed by atoms with Crippen molar-refractivity contribution < 1.29 is 14.0 Å². The van der Waals surface area contributed by atoms with Crippen LogP contribution in [0.1, 0.15) is 10.4 Å². The molecule has 2 aromatic heterocycles. The number of rotatable bonds is 3. The van der Waals surface area contributed by atoms with Crippen LogP contribution in [0.2, 0.25) is 0 Å². The number of hydrogen-bond donors (Lipinski definition) is 1. The van der Waals surface area contributed by atoms with E-state index in [2.05, 4.69) is 15.3 Å². The smallest absolute Gasteiger partial charge is 0.323 e. The Kier molecular flexibility index (Phi) is 5.48. The van der Waals surface area contributed by atoms with Gasteiger partial charge in [0.15, 0.2) is 5.13 Å². The largest absolute Gasteiger partial charge is 0.335 e. The average Bonchev–Trinajstić information content (AvgIpc) is 3.22. The Labute approximate surface area is 170 Å². The molecule has 0 spiro atoms. The Bertz CT molecular complexity index is 1020. The van der Waals surface area contributed by atoms with Gasteiger partial charge in [0.2, 0.25) is 0 Å². The summed E-state index contributed by atoms with van der Waals surface area (Å²) in [5.41, 5.74) is 2.02. The molecule has 3 amide bonds. The zero-order valence-corrected chi connectivity index (χ0v) is 16.2. The number of benzene rings is 1. The van der Waals surface area contributed by atoms with E-state index in [4.69, 9.17) is 0 Å². The Balaban J connectivity index is 1.32. The number of carbonyl (C=O) groups is 2. The molecule has 0 radical (unpaired) electrons. The average molecular weight is 411 g/mol. The lowest BCUT2D eigenvalue weighted by molar-refractivity contribution is 0.0671. The van der Waals surface area contributed by atoms with Gasteiger partial charge in [-0.2, -0.15) is 0 Å². The monoisotopic (exact) mass is 411 g/mol. The first-order valence-corrected chi connectivity index (χ1v) is 9.95. The van der Waals surface area contributed by atoms with Crippen LogP contribution >= 0.6 is 11.3 Å². The fourth-order valence-electron chi connectivity index (χ4n) is 3.07. The normalized spacial score (nSPS) is 14.0. The molecule has 0 unspecified atom stereocenters. The van der Waals surface area contributed by atoms with Gasteiger partial charge >= 0.3 is 6.03 Å². The van der Waals surface area contributed by atoms with Crippen molar-refractivity contribution in [1.82, 2.24) is 19.8 Å². The van der Waals surface area contributed by atoms with Crippen molar-refractivity contribution in [2.45, 2.75) is 0 Å². The molecule has 148 valence electrons.